The SMILES string of the molecule is O=C(CCn1cc(Br)ccc1=O)N1CCC(CO)CC1. The summed E-state index contributed by atoms with van der Waals surface area (Å²) in [5.74, 6) is 0.403. The Balaban J connectivity index is 1.86. The van der Waals surface area contributed by atoms with Gasteiger partial charge in [0.25, 0.3) is 5.56 Å². The number of aliphatic hydroxyl groups is 1. The molecule has 1 N–H and O–H groups in total. The number of hydrogen-bond acceptors (Lipinski definition) is 3. The Morgan fingerprint density at radius 2 is 2.05 bits per heavy atom. The normalized spacial score (nSPS) is 16.4. The minimum atomic E-state index is -0.0972. The number of carbonyl (C=O) groups is 1. The van der Waals surface area contributed by atoms with E-state index in [-0.39, 0.29) is 18.1 Å². The molecule has 0 aliphatic carbocycles. The van der Waals surface area contributed by atoms with E-state index in [1.54, 1.807) is 16.8 Å². The van der Waals surface area contributed by atoms with Crippen LogP contribution in [-0.4, -0.2) is 40.2 Å². The van der Waals surface area contributed by atoms with Crippen molar-refractivity contribution in [2.75, 3.05) is 19.7 Å². The van der Waals surface area contributed by atoms with Crippen LogP contribution in [-0.2, 0) is 11.3 Å². The quantitative estimate of drug-likeness (QED) is 0.895. The van der Waals surface area contributed by atoms with Gasteiger partial charge in [0.2, 0.25) is 5.91 Å². The van der Waals surface area contributed by atoms with Crippen LogP contribution < -0.4 is 5.56 Å². The Morgan fingerprint density at radius 1 is 1.35 bits per heavy atom. The summed E-state index contributed by atoms with van der Waals surface area (Å²) in [5.41, 5.74) is -0.0972. The van der Waals surface area contributed by atoms with Crippen molar-refractivity contribution in [3.05, 3.63) is 33.2 Å². The van der Waals surface area contributed by atoms with Gasteiger partial charge in [-0.3, -0.25) is 9.59 Å². The molecule has 5 nitrogen and oxygen atoms in total. The Kier molecular flexibility index (Phi) is 5.37. The molecule has 110 valence electrons. The Labute approximate surface area is 126 Å². The summed E-state index contributed by atoms with van der Waals surface area (Å²) in [6.45, 7) is 2.02. The lowest BCUT2D eigenvalue weighted by Gasteiger charge is -2.31. The van der Waals surface area contributed by atoms with Crippen LogP contribution in [0.3, 0.4) is 0 Å². The predicted octanol–water partition coefficient (Wildman–Crippen LogP) is 1.23. The fourth-order valence-electron chi connectivity index (χ4n) is 2.42. The van der Waals surface area contributed by atoms with Crippen molar-refractivity contribution in [3.63, 3.8) is 0 Å². The van der Waals surface area contributed by atoms with E-state index >= 15 is 0 Å². The maximum atomic E-state index is 12.1. The first-order chi connectivity index (χ1) is 9.60. The first-order valence-corrected chi connectivity index (χ1v) is 7.64. The molecule has 6 heteroatoms. The summed E-state index contributed by atoms with van der Waals surface area (Å²) in [6.07, 6.45) is 3.76. The largest absolute Gasteiger partial charge is 0.396 e. The molecule has 1 aromatic rings. The maximum Gasteiger partial charge on any atom is 0.250 e. The smallest absolute Gasteiger partial charge is 0.250 e. The molecule has 0 bridgehead atoms. The molecule has 0 saturated carbocycles. The van der Waals surface area contributed by atoms with Crippen LogP contribution in [0.15, 0.2) is 27.6 Å². The van der Waals surface area contributed by atoms with Gasteiger partial charge in [-0.25, -0.2) is 0 Å². The van der Waals surface area contributed by atoms with Gasteiger partial charge >= 0.3 is 0 Å². The molecule has 0 radical (unpaired) electrons. The second-order valence-corrected chi connectivity index (χ2v) is 6.05. The van der Waals surface area contributed by atoms with Gasteiger partial charge in [0, 0.05) is 49.4 Å². The van der Waals surface area contributed by atoms with Crippen molar-refractivity contribution >= 4 is 21.8 Å². The Morgan fingerprint density at radius 3 is 2.70 bits per heavy atom. The molecule has 1 aliphatic heterocycles. The van der Waals surface area contributed by atoms with E-state index in [1.165, 1.54) is 6.07 Å². The topological polar surface area (TPSA) is 62.5 Å². The van der Waals surface area contributed by atoms with Gasteiger partial charge in [-0.15, -0.1) is 0 Å². The standard InChI is InChI=1S/C14H19BrN2O3/c15-12-1-2-13(19)17(9-12)8-5-14(20)16-6-3-11(10-18)4-7-16/h1-2,9,11,18H,3-8,10H2. The van der Waals surface area contributed by atoms with E-state index in [2.05, 4.69) is 15.9 Å². The molecular weight excluding hydrogens is 324 g/mol. The highest BCUT2D eigenvalue weighted by atomic mass is 79.9. The molecule has 1 saturated heterocycles. The summed E-state index contributed by atoms with van der Waals surface area (Å²) in [5, 5.41) is 9.08. The minimum absolute atomic E-state index is 0.0771. The van der Waals surface area contributed by atoms with Gasteiger partial charge in [0.1, 0.15) is 0 Å². The molecule has 1 fully saturated rings. The molecule has 0 spiro atoms. The predicted molar refractivity (Wildman–Crippen MR) is 79.4 cm³/mol. The summed E-state index contributed by atoms with van der Waals surface area (Å²) in [6, 6.07) is 3.18. The fourth-order valence-corrected chi connectivity index (χ4v) is 2.80. The highest BCUT2D eigenvalue weighted by molar-refractivity contribution is 9.10. The van der Waals surface area contributed by atoms with Gasteiger partial charge in [0.05, 0.1) is 0 Å². The van der Waals surface area contributed by atoms with E-state index < -0.39 is 0 Å². The third-order valence-corrected chi connectivity index (χ3v) is 4.21. The second-order valence-electron chi connectivity index (χ2n) is 5.14. The molecule has 0 atom stereocenters. The second kappa shape index (κ2) is 7.04. The van der Waals surface area contributed by atoms with Crippen molar-refractivity contribution in [1.82, 2.24) is 9.47 Å². The van der Waals surface area contributed by atoms with Gasteiger partial charge in [0.15, 0.2) is 0 Å². The highest BCUT2D eigenvalue weighted by Crippen LogP contribution is 2.17. The summed E-state index contributed by atoms with van der Waals surface area (Å²) in [4.78, 5) is 25.6. The molecule has 2 rings (SSSR count). The zero-order valence-corrected chi connectivity index (χ0v) is 12.9. The zero-order chi connectivity index (χ0) is 14.5. The molecule has 1 aliphatic rings. The van der Waals surface area contributed by atoms with Crippen molar-refractivity contribution in [1.29, 1.82) is 0 Å². The molecule has 2 heterocycles. The lowest BCUT2D eigenvalue weighted by atomic mass is 9.98. The number of carbonyl (C=O) groups excluding carboxylic acids is 1. The fraction of sp³-hybridized carbons (Fsp3) is 0.571. The number of hydrogen-bond donors (Lipinski definition) is 1. The Bertz CT molecular complexity index is 521. The third kappa shape index (κ3) is 3.93. The van der Waals surface area contributed by atoms with Gasteiger partial charge in [-0.2, -0.15) is 0 Å². The molecule has 1 aromatic heterocycles. The van der Waals surface area contributed by atoms with Crippen LogP contribution in [0.2, 0.25) is 0 Å². The van der Waals surface area contributed by atoms with Gasteiger partial charge in [-0.1, -0.05) is 0 Å². The number of aliphatic hydroxyl groups excluding tert-OH is 1. The number of rotatable bonds is 4. The van der Waals surface area contributed by atoms with Crippen LogP contribution in [0, 0.1) is 5.92 Å². The first kappa shape index (κ1) is 15.3. The number of pyridine rings is 1. The average molecular weight is 343 g/mol. The number of amides is 1. The van der Waals surface area contributed by atoms with Crippen LogP contribution >= 0.6 is 15.9 Å². The molecule has 1 amide bonds. The number of aromatic nitrogens is 1. The third-order valence-electron chi connectivity index (χ3n) is 3.74. The van der Waals surface area contributed by atoms with Crippen LogP contribution in [0.1, 0.15) is 19.3 Å². The van der Waals surface area contributed by atoms with Crippen molar-refractivity contribution in [2.45, 2.75) is 25.8 Å². The highest BCUT2D eigenvalue weighted by Gasteiger charge is 2.21. The van der Waals surface area contributed by atoms with E-state index in [1.807, 2.05) is 4.90 Å². The van der Waals surface area contributed by atoms with E-state index in [0.29, 0.717) is 32.0 Å². The van der Waals surface area contributed by atoms with Crippen molar-refractivity contribution in [3.8, 4) is 0 Å². The summed E-state index contributed by atoms with van der Waals surface area (Å²) < 4.78 is 2.37. The summed E-state index contributed by atoms with van der Waals surface area (Å²) >= 11 is 3.32. The average Bonchev–Trinajstić information content (AvgIpc) is 2.48. The lowest BCUT2D eigenvalue weighted by Crippen LogP contribution is -2.39. The number of halogens is 1. The minimum Gasteiger partial charge on any atom is -0.396 e. The van der Waals surface area contributed by atoms with Crippen molar-refractivity contribution in [2.24, 2.45) is 5.92 Å². The number of piperidine rings is 1. The van der Waals surface area contributed by atoms with E-state index in [0.717, 1.165) is 17.3 Å². The van der Waals surface area contributed by atoms with Crippen molar-refractivity contribution < 1.29 is 9.90 Å². The number of nitrogens with zero attached hydrogens (tertiary/aromatic N) is 2. The van der Waals surface area contributed by atoms with E-state index in [4.69, 9.17) is 5.11 Å². The van der Waals surface area contributed by atoms with Crippen LogP contribution in [0.25, 0.3) is 0 Å². The van der Waals surface area contributed by atoms with Gasteiger partial charge in [-0.05, 0) is 40.8 Å². The molecular formula is C14H19BrN2O3. The monoisotopic (exact) mass is 342 g/mol. The molecule has 0 aromatic carbocycles. The van der Waals surface area contributed by atoms with E-state index in [9.17, 15) is 9.59 Å². The zero-order valence-electron chi connectivity index (χ0n) is 11.3. The maximum absolute atomic E-state index is 12.1. The molecule has 0 unspecified atom stereocenters. The number of likely N-dealkylation sites (tertiary alicyclic amines) is 1. The van der Waals surface area contributed by atoms with Gasteiger partial charge < -0.3 is 14.6 Å². The summed E-state index contributed by atoms with van der Waals surface area (Å²) in [7, 11) is 0. The first-order valence-electron chi connectivity index (χ1n) is 6.85. The van der Waals surface area contributed by atoms with Crippen LogP contribution in [0.4, 0.5) is 0 Å². The molecule has 20 heavy (non-hydrogen) atoms. The van der Waals surface area contributed by atoms with Crippen LogP contribution in [0.5, 0.6) is 0 Å². The Hall–Kier alpha value is -1.14. The lowest BCUT2D eigenvalue weighted by molar-refractivity contribution is -0.133. The number of aryl methyl sites for hydroxylation is 1.